The fourth-order valence-electron chi connectivity index (χ4n) is 2.24. The van der Waals surface area contributed by atoms with Crippen molar-refractivity contribution in [2.24, 2.45) is 0 Å². The minimum absolute atomic E-state index is 0.0643. The zero-order valence-corrected chi connectivity index (χ0v) is 10.7. The van der Waals surface area contributed by atoms with Crippen LogP contribution in [-0.2, 0) is 4.79 Å². The molecule has 3 nitrogen and oxygen atoms in total. The molecule has 0 aliphatic carbocycles. The lowest BCUT2D eigenvalue weighted by molar-refractivity contribution is -0.117. The van der Waals surface area contributed by atoms with Gasteiger partial charge in [0.15, 0.2) is 0 Å². The lowest BCUT2D eigenvalue weighted by Gasteiger charge is -2.25. The molecule has 1 amide bonds. The average Bonchev–Trinajstić information content (AvgIpc) is 2.35. The Hall–Kier alpha value is -1.42. The molecule has 2 rings (SSSR count). The van der Waals surface area contributed by atoms with E-state index in [2.05, 4.69) is 10.2 Å². The van der Waals surface area contributed by atoms with Crippen molar-refractivity contribution in [2.75, 3.05) is 25.0 Å². The number of carbonyl (C=O) groups excluding carboxylic acids is 1. The number of anilines is 1. The molecule has 1 saturated heterocycles. The van der Waals surface area contributed by atoms with Crippen LogP contribution in [0.2, 0.25) is 0 Å². The van der Waals surface area contributed by atoms with Crippen LogP contribution >= 0.6 is 0 Å². The highest BCUT2D eigenvalue weighted by molar-refractivity contribution is 5.92. The van der Waals surface area contributed by atoms with Crippen LogP contribution in [0.25, 0.3) is 0 Å². The summed E-state index contributed by atoms with van der Waals surface area (Å²) in [6, 6.07) is 4.44. The Labute approximate surface area is 107 Å². The highest BCUT2D eigenvalue weighted by Gasteiger charge is 2.14. The molecule has 0 saturated carbocycles. The van der Waals surface area contributed by atoms with E-state index in [1.807, 2.05) is 6.92 Å². The number of rotatable bonds is 3. The van der Waals surface area contributed by atoms with Crippen molar-refractivity contribution >= 4 is 11.6 Å². The fourth-order valence-corrected chi connectivity index (χ4v) is 2.24. The average molecular weight is 250 g/mol. The number of nitrogens with one attached hydrogen (secondary N) is 1. The van der Waals surface area contributed by atoms with Gasteiger partial charge in [-0.3, -0.25) is 9.69 Å². The maximum Gasteiger partial charge on any atom is 0.238 e. The number of nitrogens with zero attached hydrogens (tertiary/aromatic N) is 1. The van der Waals surface area contributed by atoms with Crippen LogP contribution in [0, 0.1) is 12.7 Å². The van der Waals surface area contributed by atoms with E-state index in [0.29, 0.717) is 12.2 Å². The summed E-state index contributed by atoms with van der Waals surface area (Å²) in [6.07, 6.45) is 3.57. The van der Waals surface area contributed by atoms with Gasteiger partial charge in [0.1, 0.15) is 5.82 Å². The first-order valence-corrected chi connectivity index (χ1v) is 6.43. The molecule has 1 heterocycles. The second-order valence-corrected chi connectivity index (χ2v) is 4.84. The van der Waals surface area contributed by atoms with Gasteiger partial charge in [-0.2, -0.15) is 0 Å². The summed E-state index contributed by atoms with van der Waals surface area (Å²) in [5.41, 5.74) is 1.44. The van der Waals surface area contributed by atoms with Crippen molar-refractivity contribution in [3.8, 4) is 0 Å². The van der Waals surface area contributed by atoms with Gasteiger partial charge in [0.05, 0.1) is 6.54 Å². The van der Waals surface area contributed by atoms with Gasteiger partial charge >= 0.3 is 0 Å². The monoisotopic (exact) mass is 250 g/mol. The van der Waals surface area contributed by atoms with E-state index in [0.717, 1.165) is 31.5 Å². The number of benzene rings is 1. The van der Waals surface area contributed by atoms with Gasteiger partial charge in [-0.15, -0.1) is 0 Å². The Kier molecular flexibility index (Phi) is 4.31. The Balaban J connectivity index is 1.92. The van der Waals surface area contributed by atoms with Gasteiger partial charge in [0.2, 0.25) is 5.91 Å². The van der Waals surface area contributed by atoms with Gasteiger partial charge in [-0.25, -0.2) is 4.39 Å². The zero-order chi connectivity index (χ0) is 13.0. The molecular formula is C14H19FN2O. The number of amides is 1. The van der Waals surface area contributed by atoms with Crippen molar-refractivity contribution in [1.82, 2.24) is 4.90 Å². The summed E-state index contributed by atoms with van der Waals surface area (Å²) in [5, 5.41) is 2.78. The number of aryl methyl sites for hydroxylation is 1. The maximum absolute atomic E-state index is 13.1. The third-order valence-electron chi connectivity index (χ3n) is 3.29. The molecule has 0 radical (unpaired) electrons. The first-order chi connectivity index (χ1) is 8.65. The Morgan fingerprint density at radius 2 is 2.06 bits per heavy atom. The first-order valence-electron chi connectivity index (χ1n) is 6.43. The highest BCUT2D eigenvalue weighted by Crippen LogP contribution is 2.16. The van der Waals surface area contributed by atoms with Crippen molar-refractivity contribution in [3.05, 3.63) is 29.6 Å². The Morgan fingerprint density at radius 1 is 1.33 bits per heavy atom. The van der Waals surface area contributed by atoms with Crippen molar-refractivity contribution in [3.63, 3.8) is 0 Å². The van der Waals surface area contributed by atoms with Crippen molar-refractivity contribution < 1.29 is 9.18 Å². The molecule has 1 fully saturated rings. The normalized spacial score (nSPS) is 16.6. The number of piperidine rings is 1. The summed E-state index contributed by atoms with van der Waals surface area (Å²) in [4.78, 5) is 14.0. The summed E-state index contributed by atoms with van der Waals surface area (Å²) in [5.74, 6) is -0.389. The molecule has 1 aromatic rings. The fraction of sp³-hybridized carbons (Fsp3) is 0.500. The molecule has 1 aliphatic heterocycles. The van der Waals surface area contributed by atoms with Gasteiger partial charge in [-0.05, 0) is 50.6 Å². The molecule has 0 aromatic heterocycles. The van der Waals surface area contributed by atoms with Crippen LogP contribution in [0.1, 0.15) is 24.8 Å². The SMILES string of the molecule is Cc1ccc(F)cc1NC(=O)CN1CCCCC1. The predicted molar refractivity (Wildman–Crippen MR) is 70.1 cm³/mol. The Morgan fingerprint density at radius 3 is 2.78 bits per heavy atom. The standard InChI is InChI=1S/C14H19FN2O/c1-11-5-6-12(15)9-13(11)16-14(18)10-17-7-3-2-4-8-17/h5-6,9H,2-4,7-8,10H2,1H3,(H,16,18). The van der Waals surface area contributed by atoms with Crippen LogP contribution in [0.15, 0.2) is 18.2 Å². The number of hydrogen-bond donors (Lipinski definition) is 1. The van der Waals surface area contributed by atoms with Gasteiger partial charge in [0, 0.05) is 5.69 Å². The van der Waals surface area contributed by atoms with Gasteiger partial charge in [-0.1, -0.05) is 12.5 Å². The quantitative estimate of drug-likeness (QED) is 0.894. The number of likely N-dealkylation sites (tertiary alicyclic amines) is 1. The largest absolute Gasteiger partial charge is 0.325 e. The van der Waals surface area contributed by atoms with E-state index >= 15 is 0 Å². The first kappa shape index (κ1) is 13.0. The second-order valence-electron chi connectivity index (χ2n) is 4.84. The third-order valence-corrected chi connectivity index (χ3v) is 3.29. The smallest absolute Gasteiger partial charge is 0.238 e. The van der Waals surface area contributed by atoms with Gasteiger partial charge in [0.25, 0.3) is 0 Å². The zero-order valence-electron chi connectivity index (χ0n) is 10.7. The lowest BCUT2D eigenvalue weighted by Crippen LogP contribution is -2.36. The second kappa shape index (κ2) is 5.96. The van der Waals surface area contributed by atoms with E-state index in [1.165, 1.54) is 18.6 Å². The number of hydrogen-bond acceptors (Lipinski definition) is 2. The lowest BCUT2D eigenvalue weighted by atomic mass is 10.1. The summed E-state index contributed by atoms with van der Waals surface area (Å²) in [7, 11) is 0. The van der Waals surface area contributed by atoms with Crippen molar-refractivity contribution in [2.45, 2.75) is 26.2 Å². The van der Waals surface area contributed by atoms with Crippen LogP contribution in [0.4, 0.5) is 10.1 Å². The molecule has 18 heavy (non-hydrogen) atoms. The third kappa shape index (κ3) is 3.53. The van der Waals surface area contributed by atoms with E-state index in [1.54, 1.807) is 6.07 Å². The van der Waals surface area contributed by atoms with E-state index in [9.17, 15) is 9.18 Å². The molecule has 1 aromatic carbocycles. The summed E-state index contributed by atoms with van der Waals surface area (Å²) in [6.45, 7) is 4.22. The highest BCUT2D eigenvalue weighted by atomic mass is 19.1. The van der Waals surface area contributed by atoms with E-state index in [4.69, 9.17) is 0 Å². The molecule has 0 unspecified atom stereocenters. The minimum atomic E-state index is -0.325. The van der Waals surface area contributed by atoms with Crippen LogP contribution in [0.5, 0.6) is 0 Å². The molecule has 4 heteroatoms. The van der Waals surface area contributed by atoms with Crippen molar-refractivity contribution in [1.29, 1.82) is 0 Å². The predicted octanol–water partition coefficient (Wildman–Crippen LogP) is 2.56. The molecule has 0 spiro atoms. The number of halogens is 1. The summed E-state index contributed by atoms with van der Waals surface area (Å²) >= 11 is 0. The molecule has 1 N–H and O–H groups in total. The number of carbonyl (C=O) groups is 1. The molecular weight excluding hydrogens is 231 g/mol. The van der Waals surface area contributed by atoms with Crippen LogP contribution < -0.4 is 5.32 Å². The van der Waals surface area contributed by atoms with E-state index < -0.39 is 0 Å². The maximum atomic E-state index is 13.1. The van der Waals surface area contributed by atoms with E-state index in [-0.39, 0.29) is 11.7 Å². The van der Waals surface area contributed by atoms with Gasteiger partial charge < -0.3 is 5.32 Å². The minimum Gasteiger partial charge on any atom is -0.325 e. The molecule has 0 bridgehead atoms. The van der Waals surface area contributed by atoms with Crippen LogP contribution in [-0.4, -0.2) is 30.4 Å². The molecule has 0 atom stereocenters. The topological polar surface area (TPSA) is 32.3 Å². The Bertz CT molecular complexity index is 428. The van der Waals surface area contributed by atoms with Crippen LogP contribution in [0.3, 0.4) is 0 Å². The molecule has 1 aliphatic rings. The summed E-state index contributed by atoms with van der Waals surface area (Å²) < 4.78 is 13.1. The molecule has 98 valence electrons.